The van der Waals surface area contributed by atoms with E-state index in [1.54, 1.807) is 0 Å². The molecule has 0 aliphatic rings. The minimum Gasteiger partial charge on any atom is -0.462 e. The van der Waals surface area contributed by atoms with E-state index in [4.69, 9.17) is 19.3 Å². The maximum Gasteiger partial charge on any atom is 0.469 e. The Labute approximate surface area is 285 Å². The minimum atomic E-state index is -4.77. The number of phosphoric ester groups is 1. The molecule has 0 aromatic carbocycles. The van der Waals surface area contributed by atoms with Crippen molar-refractivity contribution in [2.45, 2.75) is 161 Å². The molecule has 47 heavy (non-hydrogen) atoms. The van der Waals surface area contributed by atoms with Gasteiger partial charge in [-0.05, 0) is 51.4 Å². The van der Waals surface area contributed by atoms with E-state index in [0.29, 0.717) is 25.7 Å². The van der Waals surface area contributed by atoms with Gasteiger partial charge in [0.15, 0.2) is 6.10 Å². The normalized spacial score (nSPS) is 13.7. The number of unbranched alkanes of at least 4 members (excludes halogenated alkanes) is 11. The zero-order chi connectivity index (χ0) is 34.9. The van der Waals surface area contributed by atoms with Crippen LogP contribution in [0.1, 0.15) is 149 Å². The summed E-state index contributed by atoms with van der Waals surface area (Å²) in [6.45, 7) is 3.41. The largest absolute Gasteiger partial charge is 0.469 e. The zero-order valence-electron chi connectivity index (χ0n) is 29.3. The summed E-state index contributed by atoms with van der Waals surface area (Å²) in [6.07, 6.45) is 34.7. The lowest BCUT2D eigenvalue weighted by Gasteiger charge is -2.18. The van der Waals surface area contributed by atoms with E-state index in [2.05, 4.69) is 48.8 Å². The lowest BCUT2D eigenvalue weighted by Crippen LogP contribution is -2.29. The van der Waals surface area contributed by atoms with Crippen LogP contribution in [-0.2, 0) is 28.2 Å². The predicted molar refractivity (Wildman–Crippen MR) is 190 cm³/mol. The number of carbonyl (C=O) groups is 2. The third-order valence-electron chi connectivity index (χ3n) is 7.41. The van der Waals surface area contributed by atoms with Gasteiger partial charge in [-0.1, -0.05) is 133 Å². The van der Waals surface area contributed by atoms with Gasteiger partial charge in [-0.15, -0.1) is 0 Å². The highest BCUT2D eigenvalue weighted by atomic mass is 31.2. The summed E-state index contributed by atoms with van der Waals surface area (Å²) in [4.78, 5) is 42.6. The smallest absolute Gasteiger partial charge is 0.462 e. The van der Waals surface area contributed by atoms with Crippen molar-refractivity contribution in [3.05, 3.63) is 48.6 Å². The van der Waals surface area contributed by atoms with Crippen LogP contribution in [0.15, 0.2) is 48.6 Å². The van der Waals surface area contributed by atoms with Gasteiger partial charge in [0.2, 0.25) is 0 Å². The second-order valence-corrected chi connectivity index (χ2v) is 13.3. The van der Waals surface area contributed by atoms with E-state index >= 15 is 0 Å². The third-order valence-corrected chi connectivity index (χ3v) is 7.89. The molecule has 0 spiro atoms. The van der Waals surface area contributed by atoms with Gasteiger partial charge in [0.25, 0.3) is 0 Å². The van der Waals surface area contributed by atoms with Gasteiger partial charge in [-0.25, -0.2) is 4.57 Å². The van der Waals surface area contributed by atoms with Crippen molar-refractivity contribution in [2.24, 2.45) is 0 Å². The topological polar surface area (TPSA) is 140 Å². The summed E-state index contributed by atoms with van der Waals surface area (Å²) in [5, 5.41) is 9.69. The molecule has 0 saturated carbocycles. The molecular formula is C37H65O9P. The molecule has 1 unspecified atom stereocenters. The molecule has 0 aromatic heterocycles. The van der Waals surface area contributed by atoms with Gasteiger partial charge in [-0.3, -0.25) is 14.1 Å². The van der Waals surface area contributed by atoms with E-state index in [9.17, 15) is 19.3 Å². The van der Waals surface area contributed by atoms with Gasteiger partial charge in [0, 0.05) is 12.8 Å². The number of aliphatic hydroxyl groups excluding tert-OH is 1. The fourth-order valence-electron chi connectivity index (χ4n) is 4.73. The standard InChI is InChI=1S/C37H65O9P/c1-3-5-6-7-8-9-13-17-20-23-26-30-36(39)44-32-35(33-45-47(41,42)43)46-37(40)31-27-24-21-18-15-12-10-11-14-16-19-22-25-29-34(38)28-4-2/h10,12,14,16,18,21-22,25,34-35,38H,3-9,11,13,15,17,19-20,23-24,26-33H2,1-2H3,(H2,41,42,43)/b12-10-,16-14-,21-18-,25-22-/t34?,35-/m1/s1. The van der Waals surface area contributed by atoms with Crippen molar-refractivity contribution in [1.29, 1.82) is 0 Å². The molecule has 0 heterocycles. The van der Waals surface area contributed by atoms with Crippen molar-refractivity contribution in [3.8, 4) is 0 Å². The van der Waals surface area contributed by atoms with Crippen LogP contribution in [0.2, 0.25) is 0 Å². The molecule has 9 nitrogen and oxygen atoms in total. The summed E-state index contributed by atoms with van der Waals surface area (Å²) >= 11 is 0. The van der Waals surface area contributed by atoms with Crippen LogP contribution in [0, 0.1) is 0 Å². The first-order chi connectivity index (χ1) is 22.7. The minimum absolute atomic E-state index is 0.121. The average Bonchev–Trinajstić information content (AvgIpc) is 3.02. The molecule has 0 fully saturated rings. The Morgan fingerprint density at radius 3 is 1.70 bits per heavy atom. The summed E-state index contributed by atoms with van der Waals surface area (Å²) in [5.41, 5.74) is 0. The summed E-state index contributed by atoms with van der Waals surface area (Å²) in [6, 6.07) is 0. The van der Waals surface area contributed by atoms with Crippen LogP contribution >= 0.6 is 7.82 Å². The van der Waals surface area contributed by atoms with Crippen LogP contribution in [0.4, 0.5) is 0 Å². The van der Waals surface area contributed by atoms with Crippen molar-refractivity contribution in [3.63, 3.8) is 0 Å². The molecule has 0 aliphatic carbocycles. The predicted octanol–water partition coefficient (Wildman–Crippen LogP) is 9.37. The number of ether oxygens (including phenoxy) is 2. The van der Waals surface area contributed by atoms with Crippen LogP contribution < -0.4 is 0 Å². The Balaban J connectivity index is 4.13. The summed E-state index contributed by atoms with van der Waals surface area (Å²) in [5.74, 6) is -0.974. The van der Waals surface area contributed by atoms with Crippen LogP contribution in [0.3, 0.4) is 0 Å². The molecule has 0 aliphatic heterocycles. The number of esters is 2. The second kappa shape index (κ2) is 32.5. The van der Waals surface area contributed by atoms with E-state index < -0.39 is 32.5 Å². The zero-order valence-corrected chi connectivity index (χ0v) is 30.2. The average molecular weight is 685 g/mol. The molecule has 0 amide bonds. The molecule has 10 heteroatoms. The fourth-order valence-corrected chi connectivity index (χ4v) is 5.09. The number of allylic oxidation sites excluding steroid dienone is 7. The van der Waals surface area contributed by atoms with Gasteiger partial charge in [0.1, 0.15) is 6.61 Å². The molecule has 0 saturated heterocycles. The molecule has 0 aromatic rings. The number of phosphoric acid groups is 1. The number of aliphatic hydroxyl groups is 1. The molecular weight excluding hydrogens is 619 g/mol. The highest BCUT2D eigenvalue weighted by Gasteiger charge is 2.22. The second-order valence-electron chi connectivity index (χ2n) is 12.0. The molecule has 0 rings (SSSR count). The monoisotopic (exact) mass is 684 g/mol. The Morgan fingerprint density at radius 1 is 0.638 bits per heavy atom. The number of hydrogen-bond acceptors (Lipinski definition) is 7. The van der Waals surface area contributed by atoms with Crippen molar-refractivity contribution in [2.75, 3.05) is 13.2 Å². The van der Waals surface area contributed by atoms with Crippen molar-refractivity contribution >= 4 is 19.8 Å². The van der Waals surface area contributed by atoms with Gasteiger partial charge in [0.05, 0.1) is 12.7 Å². The lowest BCUT2D eigenvalue weighted by molar-refractivity contribution is -0.161. The van der Waals surface area contributed by atoms with E-state index in [1.807, 2.05) is 18.2 Å². The van der Waals surface area contributed by atoms with E-state index in [-0.39, 0.29) is 25.6 Å². The van der Waals surface area contributed by atoms with Crippen molar-refractivity contribution in [1.82, 2.24) is 0 Å². The van der Waals surface area contributed by atoms with E-state index in [0.717, 1.165) is 51.4 Å². The molecule has 3 N–H and O–H groups in total. The Bertz CT molecular complexity index is 923. The first kappa shape index (κ1) is 45.0. The Kier molecular flexibility index (Phi) is 31.1. The number of hydrogen-bond donors (Lipinski definition) is 3. The van der Waals surface area contributed by atoms with E-state index in [1.165, 1.54) is 44.9 Å². The maximum atomic E-state index is 12.3. The summed E-state index contributed by atoms with van der Waals surface area (Å²) in [7, 11) is -4.77. The number of rotatable bonds is 32. The maximum absolute atomic E-state index is 12.3. The van der Waals surface area contributed by atoms with Gasteiger partial charge in [-0.2, -0.15) is 0 Å². The first-order valence-corrected chi connectivity index (χ1v) is 19.5. The first-order valence-electron chi connectivity index (χ1n) is 18.0. The molecule has 0 radical (unpaired) electrons. The van der Waals surface area contributed by atoms with Crippen LogP contribution in [0.25, 0.3) is 0 Å². The van der Waals surface area contributed by atoms with Crippen molar-refractivity contribution < 1.29 is 43.0 Å². The highest BCUT2D eigenvalue weighted by Crippen LogP contribution is 2.35. The lowest BCUT2D eigenvalue weighted by atomic mass is 10.1. The third kappa shape index (κ3) is 35.1. The molecule has 0 bridgehead atoms. The van der Waals surface area contributed by atoms with Crippen LogP contribution in [-0.4, -0.2) is 52.3 Å². The highest BCUT2D eigenvalue weighted by molar-refractivity contribution is 7.46. The van der Waals surface area contributed by atoms with Crippen LogP contribution in [0.5, 0.6) is 0 Å². The summed E-state index contributed by atoms with van der Waals surface area (Å²) < 4.78 is 26.2. The fraction of sp³-hybridized carbons (Fsp3) is 0.730. The SMILES string of the molecule is CCCCCCCCCCCCCC(=O)OC[C@H](COP(=O)(O)O)OC(=O)CCC/C=C\C/C=C\C/C=C\C/C=C\CC(O)CCC. The van der Waals surface area contributed by atoms with Gasteiger partial charge >= 0.3 is 19.8 Å². The van der Waals surface area contributed by atoms with Gasteiger partial charge < -0.3 is 24.4 Å². The quantitative estimate of drug-likeness (QED) is 0.0274. The molecule has 2 atom stereocenters. The molecule has 272 valence electrons. The Hall–Kier alpha value is -2.03. The Morgan fingerprint density at radius 2 is 1.15 bits per heavy atom. The number of carbonyl (C=O) groups excluding carboxylic acids is 2.